The Bertz CT molecular complexity index is 381. The van der Waals surface area contributed by atoms with Gasteiger partial charge in [-0.15, -0.1) is 0 Å². The summed E-state index contributed by atoms with van der Waals surface area (Å²) in [6.07, 6.45) is 2.71. The van der Waals surface area contributed by atoms with E-state index in [1.165, 1.54) is 31.6 Å². The van der Waals surface area contributed by atoms with Crippen LogP contribution in [0.5, 0.6) is 0 Å². The molecule has 0 atom stereocenters. The highest BCUT2D eigenvalue weighted by Gasteiger charge is 2.49. The standard InChI is InChI=1S/C13H19N3/c1-15-8-9-16(10-13(15)6-7-13)12-4-2-11(14)3-5-12/h2-5H,6-10,14H2,1H3. The normalized spacial score (nSPS) is 23.7. The minimum Gasteiger partial charge on any atom is -0.399 e. The topological polar surface area (TPSA) is 32.5 Å². The van der Waals surface area contributed by atoms with E-state index in [9.17, 15) is 0 Å². The van der Waals surface area contributed by atoms with Gasteiger partial charge in [0.15, 0.2) is 0 Å². The summed E-state index contributed by atoms with van der Waals surface area (Å²) in [7, 11) is 2.26. The fraction of sp³-hybridized carbons (Fsp3) is 0.538. The van der Waals surface area contributed by atoms with Crippen molar-refractivity contribution in [1.29, 1.82) is 0 Å². The van der Waals surface area contributed by atoms with Gasteiger partial charge in [-0.1, -0.05) is 0 Å². The Balaban J connectivity index is 1.79. The Labute approximate surface area is 96.8 Å². The Morgan fingerprint density at radius 3 is 2.44 bits per heavy atom. The molecule has 1 aromatic carbocycles. The number of likely N-dealkylation sites (N-methyl/N-ethyl adjacent to an activating group) is 1. The quantitative estimate of drug-likeness (QED) is 0.724. The van der Waals surface area contributed by atoms with Gasteiger partial charge >= 0.3 is 0 Å². The minimum absolute atomic E-state index is 0.486. The molecule has 1 heterocycles. The number of benzene rings is 1. The van der Waals surface area contributed by atoms with Crippen molar-refractivity contribution in [2.24, 2.45) is 0 Å². The van der Waals surface area contributed by atoms with E-state index >= 15 is 0 Å². The molecule has 2 fully saturated rings. The van der Waals surface area contributed by atoms with Gasteiger partial charge in [0.1, 0.15) is 0 Å². The van der Waals surface area contributed by atoms with Gasteiger partial charge in [-0.25, -0.2) is 0 Å². The molecule has 16 heavy (non-hydrogen) atoms. The largest absolute Gasteiger partial charge is 0.399 e. The number of nitrogens with two attached hydrogens (primary N) is 1. The Kier molecular flexibility index (Phi) is 2.11. The summed E-state index contributed by atoms with van der Waals surface area (Å²) in [5.41, 5.74) is 8.36. The van der Waals surface area contributed by atoms with Gasteiger partial charge in [-0.2, -0.15) is 0 Å². The first-order valence-electron chi connectivity index (χ1n) is 6.01. The van der Waals surface area contributed by atoms with Gasteiger partial charge in [-0.3, -0.25) is 4.90 Å². The molecule has 0 aromatic heterocycles. The number of anilines is 2. The van der Waals surface area contributed by atoms with Crippen molar-refractivity contribution in [2.45, 2.75) is 18.4 Å². The molecular weight excluding hydrogens is 198 g/mol. The second-order valence-electron chi connectivity index (χ2n) is 5.16. The minimum atomic E-state index is 0.486. The summed E-state index contributed by atoms with van der Waals surface area (Å²) in [5.74, 6) is 0. The summed E-state index contributed by atoms with van der Waals surface area (Å²) in [4.78, 5) is 5.02. The van der Waals surface area contributed by atoms with Gasteiger partial charge in [0.05, 0.1) is 0 Å². The lowest BCUT2D eigenvalue weighted by molar-refractivity contribution is 0.199. The maximum absolute atomic E-state index is 5.72. The lowest BCUT2D eigenvalue weighted by Crippen LogP contribution is -2.53. The fourth-order valence-electron chi connectivity index (χ4n) is 2.65. The predicted molar refractivity (Wildman–Crippen MR) is 67.7 cm³/mol. The molecule has 1 aromatic rings. The lowest BCUT2D eigenvalue weighted by atomic mass is 10.1. The van der Waals surface area contributed by atoms with E-state index in [0.29, 0.717) is 5.54 Å². The van der Waals surface area contributed by atoms with Crippen molar-refractivity contribution < 1.29 is 0 Å². The van der Waals surface area contributed by atoms with Gasteiger partial charge in [0.2, 0.25) is 0 Å². The average Bonchev–Trinajstić information content (AvgIpc) is 3.05. The lowest BCUT2D eigenvalue weighted by Gasteiger charge is -2.41. The van der Waals surface area contributed by atoms with Crippen LogP contribution in [0, 0.1) is 0 Å². The van der Waals surface area contributed by atoms with Crippen LogP contribution in [0.3, 0.4) is 0 Å². The van der Waals surface area contributed by atoms with Crippen molar-refractivity contribution in [3.8, 4) is 0 Å². The monoisotopic (exact) mass is 217 g/mol. The molecule has 2 aliphatic rings. The summed E-state index contributed by atoms with van der Waals surface area (Å²) < 4.78 is 0. The molecule has 3 rings (SSSR count). The van der Waals surface area contributed by atoms with Gasteiger partial charge in [0, 0.05) is 36.5 Å². The highest BCUT2D eigenvalue weighted by Crippen LogP contribution is 2.44. The van der Waals surface area contributed by atoms with Crippen LogP contribution in [0.4, 0.5) is 11.4 Å². The molecule has 0 bridgehead atoms. The molecule has 3 heteroatoms. The van der Waals surface area contributed by atoms with Crippen LogP contribution in [0.15, 0.2) is 24.3 Å². The second kappa shape index (κ2) is 3.39. The van der Waals surface area contributed by atoms with Crippen molar-refractivity contribution in [3.05, 3.63) is 24.3 Å². The third-order valence-corrected chi connectivity index (χ3v) is 4.09. The zero-order chi connectivity index (χ0) is 11.2. The zero-order valence-corrected chi connectivity index (χ0v) is 9.82. The van der Waals surface area contributed by atoms with E-state index in [2.05, 4.69) is 29.0 Å². The molecule has 3 nitrogen and oxygen atoms in total. The van der Waals surface area contributed by atoms with E-state index in [1.807, 2.05) is 12.1 Å². The summed E-state index contributed by atoms with van der Waals surface area (Å²) >= 11 is 0. The van der Waals surface area contributed by atoms with Crippen molar-refractivity contribution in [2.75, 3.05) is 37.3 Å². The highest BCUT2D eigenvalue weighted by atomic mass is 15.3. The third kappa shape index (κ3) is 1.55. The van der Waals surface area contributed by atoms with Crippen LogP contribution >= 0.6 is 0 Å². The zero-order valence-electron chi connectivity index (χ0n) is 9.82. The molecule has 86 valence electrons. The van der Waals surface area contributed by atoms with E-state index in [1.54, 1.807) is 0 Å². The predicted octanol–water partition coefficient (Wildman–Crippen LogP) is 1.55. The molecular formula is C13H19N3. The van der Waals surface area contributed by atoms with Crippen molar-refractivity contribution in [3.63, 3.8) is 0 Å². The van der Waals surface area contributed by atoms with Crippen LogP contribution in [0.2, 0.25) is 0 Å². The maximum atomic E-state index is 5.72. The maximum Gasteiger partial charge on any atom is 0.0383 e. The van der Waals surface area contributed by atoms with Gasteiger partial charge in [-0.05, 0) is 44.2 Å². The van der Waals surface area contributed by atoms with Gasteiger partial charge < -0.3 is 10.6 Å². The number of piperazine rings is 1. The average molecular weight is 217 g/mol. The number of hydrogen-bond donors (Lipinski definition) is 1. The Hall–Kier alpha value is -1.22. The van der Waals surface area contributed by atoms with E-state index < -0.39 is 0 Å². The first-order chi connectivity index (χ1) is 7.70. The third-order valence-electron chi connectivity index (χ3n) is 4.09. The number of hydrogen-bond acceptors (Lipinski definition) is 3. The SMILES string of the molecule is CN1CCN(c2ccc(N)cc2)CC12CC2. The molecule has 1 spiro atoms. The molecule has 1 aliphatic heterocycles. The van der Waals surface area contributed by atoms with Crippen LogP contribution in [-0.2, 0) is 0 Å². The molecule has 0 amide bonds. The number of nitrogens with zero attached hydrogens (tertiary/aromatic N) is 2. The van der Waals surface area contributed by atoms with Gasteiger partial charge in [0.25, 0.3) is 0 Å². The van der Waals surface area contributed by atoms with Crippen LogP contribution < -0.4 is 10.6 Å². The first kappa shape index (κ1) is 9.97. The van der Waals surface area contributed by atoms with Crippen molar-refractivity contribution >= 4 is 11.4 Å². The molecule has 0 radical (unpaired) electrons. The second-order valence-corrected chi connectivity index (χ2v) is 5.16. The fourth-order valence-corrected chi connectivity index (χ4v) is 2.65. The Morgan fingerprint density at radius 2 is 1.81 bits per heavy atom. The molecule has 1 aliphatic carbocycles. The number of rotatable bonds is 1. The van der Waals surface area contributed by atoms with Crippen LogP contribution in [-0.4, -0.2) is 37.1 Å². The summed E-state index contributed by atoms with van der Waals surface area (Å²) in [6.45, 7) is 3.47. The molecule has 1 saturated heterocycles. The number of nitrogen functional groups attached to an aromatic ring is 1. The van der Waals surface area contributed by atoms with E-state index in [-0.39, 0.29) is 0 Å². The molecule has 2 N–H and O–H groups in total. The van der Waals surface area contributed by atoms with Crippen LogP contribution in [0.1, 0.15) is 12.8 Å². The van der Waals surface area contributed by atoms with E-state index in [4.69, 9.17) is 5.73 Å². The summed E-state index contributed by atoms with van der Waals surface area (Å²) in [5, 5.41) is 0. The molecule has 0 unspecified atom stereocenters. The first-order valence-corrected chi connectivity index (χ1v) is 6.01. The highest BCUT2D eigenvalue weighted by molar-refractivity contribution is 5.54. The van der Waals surface area contributed by atoms with E-state index in [0.717, 1.165) is 12.2 Å². The Morgan fingerprint density at radius 1 is 1.12 bits per heavy atom. The van der Waals surface area contributed by atoms with Crippen LogP contribution in [0.25, 0.3) is 0 Å². The summed E-state index contributed by atoms with van der Waals surface area (Å²) in [6, 6.07) is 8.26. The smallest absolute Gasteiger partial charge is 0.0383 e. The van der Waals surface area contributed by atoms with Crippen molar-refractivity contribution in [1.82, 2.24) is 4.90 Å². The molecule has 1 saturated carbocycles.